The van der Waals surface area contributed by atoms with E-state index < -0.39 is 6.03 Å². The van der Waals surface area contributed by atoms with Crippen LogP contribution in [0.4, 0.5) is 14.9 Å². The third-order valence-corrected chi connectivity index (χ3v) is 3.98. The first-order chi connectivity index (χ1) is 13.5. The minimum atomic E-state index is -0.486. The molecule has 0 unspecified atom stereocenters. The van der Waals surface area contributed by atoms with E-state index in [1.807, 2.05) is 25.1 Å². The predicted octanol–water partition coefficient (Wildman–Crippen LogP) is 2.76. The fourth-order valence-electron chi connectivity index (χ4n) is 2.57. The van der Waals surface area contributed by atoms with Crippen LogP contribution < -0.4 is 16.0 Å². The number of anilines is 1. The van der Waals surface area contributed by atoms with Crippen LogP contribution in [0.15, 0.2) is 60.8 Å². The summed E-state index contributed by atoms with van der Waals surface area (Å²) >= 11 is 0. The molecule has 0 aliphatic heterocycles. The van der Waals surface area contributed by atoms with Crippen molar-refractivity contribution in [2.24, 2.45) is 0 Å². The van der Waals surface area contributed by atoms with E-state index in [0.29, 0.717) is 5.69 Å². The van der Waals surface area contributed by atoms with Crippen molar-refractivity contribution in [1.29, 1.82) is 0 Å². The second-order valence-electron chi connectivity index (χ2n) is 6.15. The maximum absolute atomic E-state index is 12.8. The van der Waals surface area contributed by atoms with E-state index in [1.165, 1.54) is 12.1 Å². The van der Waals surface area contributed by atoms with Gasteiger partial charge in [-0.25, -0.2) is 13.9 Å². The molecule has 3 N–H and O–H groups in total. The first-order valence-electron chi connectivity index (χ1n) is 8.68. The van der Waals surface area contributed by atoms with Crippen LogP contribution in [0.1, 0.15) is 11.3 Å². The Labute approximate surface area is 161 Å². The molecule has 0 aliphatic rings. The number of rotatable bonds is 6. The molecule has 0 bridgehead atoms. The van der Waals surface area contributed by atoms with Gasteiger partial charge < -0.3 is 16.0 Å². The average Bonchev–Trinajstić information content (AvgIpc) is 3.12. The molecule has 7 nitrogen and oxygen atoms in total. The number of aromatic nitrogens is 2. The lowest BCUT2D eigenvalue weighted by atomic mass is 10.2. The molecule has 3 amide bonds. The van der Waals surface area contributed by atoms with Crippen LogP contribution in [0.2, 0.25) is 0 Å². The van der Waals surface area contributed by atoms with Crippen molar-refractivity contribution in [3.05, 3.63) is 77.9 Å². The van der Waals surface area contributed by atoms with Crippen molar-refractivity contribution in [2.45, 2.75) is 13.5 Å². The molecule has 144 valence electrons. The number of carbonyl (C=O) groups is 2. The summed E-state index contributed by atoms with van der Waals surface area (Å²) in [6.45, 7) is 1.99. The van der Waals surface area contributed by atoms with Gasteiger partial charge in [0.05, 0.1) is 12.2 Å². The molecule has 1 aromatic heterocycles. The molecule has 0 saturated carbocycles. The third-order valence-electron chi connectivity index (χ3n) is 3.98. The lowest BCUT2D eigenvalue weighted by Gasteiger charge is -2.10. The standard InChI is InChI=1S/C20H20FN5O2/c1-14-9-10-24-26(14)18-4-2-3-17(11-18)25-19(27)13-23-20(28)22-12-15-5-7-16(21)8-6-15/h2-11H,12-13H2,1H3,(H,25,27)(H2,22,23,28). The van der Waals surface area contributed by atoms with Crippen LogP contribution in [0, 0.1) is 12.7 Å². The Kier molecular flexibility index (Phi) is 6.01. The van der Waals surface area contributed by atoms with E-state index in [-0.39, 0.29) is 24.8 Å². The largest absolute Gasteiger partial charge is 0.334 e. The maximum atomic E-state index is 12.8. The number of nitrogens with one attached hydrogen (secondary N) is 3. The topological polar surface area (TPSA) is 88.1 Å². The highest BCUT2D eigenvalue weighted by molar-refractivity contribution is 5.94. The van der Waals surface area contributed by atoms with Crippen LogP contribution in [-0.2, 0) is 11.3 Å². The summed E-state index contributed by atoms with van der Waals surface area (Å²) in [4.78, 5) is 23.9. The molecule has 28 heavy (non-hydrogen) atoms. The molecule has 0 aliphatic carbocycles. The number of nitrogens with zero attached hydrogens (tertiary/aromatic N) is 2. The normalized spacial score (nSPS) is 10.4. The number of amides is 3. The zero-order valence-corrected chi connectivity index (χ0v) is 15.3. The van der Waals surface area contributed by atoms with E-state index in [2.05, 4.69) is 21.0 Å². The average molecular weight is 381 g/mol. The number of benzene rings is 2. The first kappa shape index (κ1) is 19.1. The number of aryl methyl sites for hydroxylation is 1. The predicted molar refractivity (Wildman–Crippen MR) is 104 cm³/mol. The van der Waals surface area contributed by atoms with Gasteiger partial charge >= 0.3 is 6.03 Å². The van der Waals surface area contributed by atoms with Gasteiger partial charge in [0.25, 0.3) is 0 Å². The Hall–Kier alpha value is -3.68. The fourth-order valence-corrected chi connectivity index (χ4v) is 2.57. The number of hydrogen-bond donors (Lipinski definition) is 3. The van der Waals surface area contributed by atoms with Crippen molar-refractivity contribution in [3.63, 3.8) is 0 Å². The van der Waals surface area contributed by atoms with E-state index >= 15 is 0 Å². The molecule has 0 fully saturated rings. The Morgan fingerprint density at radius 2 is 1.86 bits per heavy atom. The summed E-state index contributed by atoms with van der Waals surface area (Å²) in [5.41, 5.74) is 3.16. The van der Waals surface area contributed by atoms with Crippen molar-refractivity contribution in [2.75, 3.05) is 11.9 Å². The van der Waals surface area contributed by atoms with Gasteiger partial charge in [-0.05, 0) is 48.9 Å². The quantitative estimate of drug-likeness (QED) is 0.614. The molecule has 0 radical (unpaired) electrons. The van der Waals surface area contributed by atoms with Gasteiger partial charge in [-0.2, -0.15) is 5.10 Å². The van der Waals surface area contributed by atoms with Gasteiger partial charge in [0.1, 0.15) is 5.82 Å². The summed E-state index contributed by atoms with van der Waals surface area (Å²) in [6, 6.07) is 14.5. The van der Waals surface area contributed by atoms with E-state index in [1.54, 1.807) is 35.1 Å². The number of halogens is 1. The summed E-state index contributed by atoms with van der Waals surface area (Å²) in [5.74, 6) is -0.692. The van der Waals surface area contributed by atoms with Gasteiger partial charge in [0.2, 0.25) is 5.91 Å². The van der Waals surface area contributed by atoms with Gasteiger partial charge in [-0.1, -0.05) is 18.2 Å². The van der Waals surface area contributed by atoms with Crippen LogP contribution in [0.5, 0.6) is 0 Å². The smallest absolute Gasteiger partial charge is 0.315 e. The summed E-state index contributed by atoms with van der Waals surface area (Å²) in [7, 11) is 0. The fraction of sp³-hybridized carbons (Fsp3) is 0.150. The Morgan fingerprint density at radius 3 is 2.57 bits per heavy atom. The molecular formula is C20H20FN5O2. The van der Waals surface area contributed by atoms with E-state index in [4.69, 9.17) is 0 Å². The van der Waals surface area contributed by atoms with Crippen LogP contribution in [0.3, 0.4) is 0 Å². The maximum Gasteiger partial charge on any atom is 0.315 e. The SMILES string of the molecule is Cc1ccnn1-c1cccc(NC(=O)CNC(=O)NCc2ccc(F)cc2)c1. The summed E-state index contributed by atoms with van der Waals surface area (Å²) in [5, 5.41) is 12.1. The lowest BCUT2D eigenvalue weighted by molar-refractivity contribution is -0.115. The van der Waals surface area contributed by atoms with Crippen LogP contribution in [-0.4, -0.2) is 28.3 Å². The summed E-state index contributed by atoms with van der Waals surface area (Å²) in [6.07, 6.45) is 1.70. The highest BCUT2D eigenvalue weighted by Crippen LogP contribution is 2.15. The molecule has 0 spiro atoms. The van der Waals surface area contributed by atoms with Crippen molar-refractivity contribution < 1.29 is 14.0 Å². The monoisotopic (exact) mass is 381 g/mol. The molecule has 0 saturated heterocycles. The third kappa shape index (κ3) is 5.16. The number of hydrogen-bond acceptors (Lipinski definition) is 3. The van der Waals surface area contributed by atoms with Crippen LogP contribution >= 0.6 is 0 Å². The Bertz CT molecular complexity index is 969. The first-order valence-corrected chi connectivity index (χ1v) is 8.68. The molecule has 0 atom stereocenters. The molecule has 2 aromatic carbocycles. The zero-order valence-electron chi connectivity index (χ0n) is 15.3. The van der Waals surface area contributed by atoms with Gasteiger partial charge in [-0.3, -0.25) is 4.79 Å². The van der Waals surface area contributed by atoms with E-state index in [0.717, 1.165) is 16.9 Å². The Balaban J connectivity index is 1.47. The molecule has 3 rings (SSSR count). The second kappa shape index (κ2) is 8.81. The second-order valence-corrected chi connectivity index (χ2v) is 6.15. The van der Waals surface area contributed by atoms with E-state index in [9.17, 15) is 14.0 Å². The van der Waals surface area contributed by atoms with Gasteiger partial charge in [0, 0.05) is 24.1 Å². The molecule has 8 heteroatoms. The highest BCUT2D eigenvalue weighted by atomic mass is 19.1. The molecular weight excluding hydrogens is 361 g/mol. The van der Waals surface area contributed by atoms with Crippen molar-refractivity contribution in [3.8, 4) is 5.69 Å². The zero-order chi connectivity index (χ0) is 19.9. The van der Waals surface area contributed by atoms with Crippen molar-refractivity contribution in [1.82, 2.24) is 20.4 Å². The summed E-state index contributed by atoms with van der Waals surface area (Å²) < 4.78 is 14.6. The van der Waals surface area contributed by atoms with Crippen LogP contribution in [0.25, 0.3) is 5.69 Å². The molecule has 1 heterocycles. The Morgan fingerprint density at radius 1 is 1.07 bits per heavy atom. The lowest BCUT2D eigenvalue weighted by Crippen LogP contribution is -2.39. The van der Waals surface area contributed by atoms with Crippen molar-refractivity contribution >= 4 is 17.6 Å². The minimum Gasteiger partial charge on any atom is -0.334 e. The highest BCUT2D eigenvalue weighted by Gasteiger charge is 2.07. The number of carbonyl (C=O) groups excluding carboxylic acids is 2. The number of urea groups is 1. The minimum absolute atomic E-state index is 0.180. The van der Waals surface area contributed by atoms with Gasteiger partial charge in [-0.15, -0.1) is 0 Å². The molecule has 3 aromatic rings. The van der Waals surface area contributed by atoms with Gasteiger partial charge in [0.15, 0.2) is 0 Å².